The Morgan fingerprint density at radius 2 is 1.81 bits per heavy atom. The van der Waals surface area contributed by atoms with Gasteiger partial charge in [-0.15, -0.1) is 0 Å². The smallest absolute Gasteiger partial charge is 0.295 e. The van der Waals surface area contributed by atoms with Crippen LogP contribution in [0.15, 0.2) is 48.0 Å². The predicted molar refractivity (Wildman–Crippen MR) is 116 cm³/mol. The zero-order chi connectivity index (χ0) is 23.4. The minimum Gasteiger partial charge on any atom is -0.507 e. The van der Waals surface area contributed by atoms with E-state index in [9.17, 15) is 24.8 Å². The van der Waals surface area contributed by atoms with Crippen LogP contribution < -0.4 is 0 Å². The normalized spacial score (nSPS) is 17.7. The number of Topliss-reactive ketones (excluding diaryl/α,β-unsaturated/α-hetero) is 1. The van der Waals surface area contributed by atoms with Crippen molar-refractivity contribution in [2.45, 2.75) is 6.04 Å². The second-order valence-electron chi connectivity index (χ2n) is 6.80. The Labute approximate surface area is 192 Å². The number of hydrogen-bond donors (Lipinski definition) is 2. The second-order valence-corrected chi connectivity index (χ2v) is 7.64. The molecule has 0 saturated carbocycles. The second kappa shape index (κ2) is 10.1. The maximum atomic E-state index is 12.9. The van der Waals surface area contributed by atoms with Crippen LogP contribution in [0.3, 0.4) is 0 Å². The predicted octanol–water partition coefficient (Wildman–Crippen LogP) is 3.33. The third-order valence-electron chi connectivity index (χ3n) is 4.86. The number of ketones is 1. The summed E-state index contributed by atoms with van der Waals surface area (Å²) in [5.41, 5.74) is 0.0802. The number of nitro groups is 1. The summed E-state index contributed by atoms with van der Waals surface area (Å²) in [6, 6.07) is 8.43. The van der Waals surface area contributed by atoms with Crippen molar-refractivity contribution in [1.82, 2.24) is 4.90 Å². The summed E-state index contributed by atoms with van der Waals surface area (Å²) in [5, 5.41) is 31.2. The van der Waals surface area contributed by atoms with E-state index in [2.05, 4.69) is 0 Å². The van der Waals surface area contributed by atoms with Crippen LogP contribution in [0.25, 0.3) is 5.76 Å². The zero-order valence-electron chi connectivity index (χ0n) is 16.5. The summed E-state index contributed by atoms with van der Waals surface area (Å²) in [4.78, 5) is 37.2. The van der Waals surface area contributed by atoms with Gasteiger partial charge in [0.2, 0.25) is 0 Å². The van der Waals surface area contributed by atoms with Crippen LogP contribution in [0.1, 0.15) is 17.2 Å². The SMILES string of the molecule is O=C1C(=O)N(CCOCCO)C(c2ccc(Cl)cc2Cl)/C1=C(/O)c1ccc([N+](=O)[O-])cc1. The Kier molecular flexibility index (Phi) is 7.47. The van der Waals surface area contributed by atoms with Crippen molar-refractivity contribution in [3.05, 3.63) is 79.3 Å². The highest BCUT2D eigenvalue weighted by Crippen LogP contribution is 2.42. The first kappa shape index (κ1) is 23.7. The summed E-state index contributed by atoms with van der Waals surface area (Å²) in [6.45, 7) is -0.122. The van der Waals surface area contributed by atoms with E-state index in [1.807, 2.05) is 0 Å². The van der Waals surface area contributed by atoms with Crippen LogP contribution in [-0.4, -0.2) is 58.1 Å². The van der Waals surface area contributed by atoms with Gasteiger partial charge in [-0.05, 0) is 29.8 Å². The van der Waals surface area contributed by atoms with Gasteiger partial charge in [0, 0.05) is 34.3 Å². The van der Waals surface area contributed by atoms with E-state index in [4.69, 9.17) is 33.0 Å². The van der Waals surface area contributed by atoms with Gasteiger partial charge >= 0.3 is 0 Å². The lowest BCUT2D eigenvalue weighted by molar-refractivity contribution is -0.384. The van der Waals surface area contributed by atoms with Crippen molar-refractivity contribution in [3.8, 4) is 0 Å². The molecule has 1 unspecified atom stereocenters. The molecule has 0 spiro atoms. The molecule has 0 aromatic heterocycles. The van der Waals surface area contributed by atoms with Gasteiger partial charge in [-0.25, -0.2) is 0 Å². The molecule has 32 heavy (non-hydrogen) atoms. The highest BCUT2D eigenvalue weighted by atomic mass is 35.5. The van der Waals surface area contributed by atoms with E-state index in [1.54, 1.807) is 6.07 Å². The molecule has 1 aliphatic rings. The van der Waals surface area contributed by atoms with Gasteiger partial charge in [-0.2, -0.15) is 0 Å². The molecular weight excluding hydrogens is 463 g/mol. The summed E-state index contributed by atoms with van der Waals surface area (Å²) in [7, 11) is 0. The topological polar surface area (TPSA) is 130 Å². The maximum Gasteiger partial charge on any atom is 0.295 e. The highest BCUT2D eigenvalue weighted by Gasteiger charge is 2.46. The number of nitrogens with zero attached hydrogens (tertiary/aromatic N) is 2. The van der Waals surface area contributed by atoms with Crippen molar-refractivity contribution in [1.29, 1.82) is 0 Å². The van der Waals surface area contributed by atoms with Gasteiger partial charge in [-0.3, -0.25) is 19.7 Å². The van der Waals surface area contributed by atoms with Gasteiger partial charge < -0.3 is 19.8 Å². The minimum absolute atomic E-state index is 0.00869. The molecule has 1 fully saturated rings. The lowest BCUT2D eigenvalue weighted by Gasteiger charge is -2.26. The lowest BCUT2D eigenvalue weighted by atomic mass is 9.95. The number of hydrogen-bond acceptors (Lipinski definition) is 7. The summed E-state index contributed by atoms with van der Waals surface area (Å²) >= 11 is 12.3. The lowest BCUT2D eigenvalue weighted by Crippen LogP contribution is -2.33. The summed E-state index contributed by atoms with van der Waals surface area (Å²) in [5.74, 6) is -2.29. The third-order valence-corrected chi connectivity index (χ3v) is 5.42. The number of likely N-dealkylation sites (tertiary alicyclic amines) is 1. The van der Waals surface area contributed by atoms with Crippen molar-refractivity contribution in [3.63, 3.8) is 0 Å². The van der Waals surface area contributed by atoms with Crippen molar-refractivity contribution < 1.29 is 29.5 Å². The largest absolute Gasteiger partial charge is 0.507 e. The van der Waals surface area contributed by atoms with Crippen LogP contribution in [0.5, 0.6) is 0 Å². The molecule has 2 aromatic rings. The third kappa shape index (κ3) is 4.76. The fourth-order valence-corrected chi connectivity index (χ4v) is 3.90. The Morgan fingerprint density at radius 1 is 1.12 bits per heavy atom. The van der Waals surface area contributed by atoms with E-state index in [0.29, 0.717) is 10.6 Å². The molecule has 0 aliphatic carbocycles. The monoisotopic (exact) mass is 480 g/mol. The Balaban J connectivity index is 2.10. The Hall–Kier alpha value is -2.98. The number of benzene rings is 2. The molecule has 0 radical (unpaired) electrons. The number of nitro benzene ring substituents is 1. The van der Waals surface area contributed by atoms with Gasteiger partial charge in [-0.1, -0.05) is 29.3 Å². The van der Waals surface area contributed by atoms with E-state index in [-0.39, 0.29) is 48.2 Å². The highest BCUT2D eigenvalue weighted by molar-refractivity contribution is 6.47. The van der Waals surface area contributed by atoms with Crippen molar-refractivity contribution in [2.75, 3.05) is 26.4 Å². The first-order valence-electron chi connectivity index (χ1n) is 9.43. The van der Waals surface area contributed by atoms with Gasteiger partial charge in [0.05, 0.1) is 36.4 Å². The number of ether oxygens (including phenoxy) is 1. The molecule has 168 valence electrons. The average Bonchev–Trinajstić information content (AvgIpc) is 3.01. The summed E-state index contributed by atoms with van der Waals surface area (Å²) < 4.78 is 5.23. The zero-order valence-corrected chi connectivity index (χ0v) is 18.0. The Bertz CT molecular complexity index is 1090. The number of carbonyl (C=O) groups excluding carboxylic acids is 2. The fourth-order valence-electron chi connectivity index (χ4n) is 3.38. The van der Waals surface area contributed by atoms with Crippen molar-refractivity contribution in [2.24, 2.45) is 0 Å². The molecule has 2 N–H and O–H groups in total. The quantitative estimate of drug-likeness (QED) is 0.148. The fraction of sp³-hybridized carbons (Fsp3) is 0.238. The number of rotatable bonds is 8. The van der Waals surface area contributed by atoms with E-state index >= 15 is 0 Å². The molecule has 1 aliphatic heterocycles. The van der Waals surface area contributed by atoms with Gasteiger partial charge in [0.1, 0.15) is 5.76 Å². The Morgan fingerprint density at radius 3 is 2.41 bits per heavy atom. The van der Waals surface area contributed by atoms with Gasteiger partial charge in [0.15, 0.2) is 0 Å². The van der Waals surface area contributed by atoms with Crippen molar-refractivity contribution >= 4 is 46.3 Å². The number of amides is 1. The number of aliphatic hydroxyl groups excluding tert-OH is 2. The molecule has 11 heteroatoms. The molecule has 1 atom stereocenters. The number of aliphatic hydroxyl groups is 2. The molecule has 1 heterocycles. The van der Waals surface area contributed by atoms with Crippen LogP contribution in [0.4, 0.5) is 5.69 Å². The number of halogens is 2. The minimum atomic E-state index is -1.03. The molecular formula is C21H18Cl2N2O7. The first-order valence-corrected chi connectivity index (χ1v) is 10.2. The van der Waals surface area contributed by atoms with Crippen LogP contribution in [0.2, 0.25) is 10.0 Å². The molecule has 2 aromatic carbocycles. The first-order chi connectivity index (χ1) is 15.3. The summed E-state index contributed by atoms with van der Waals surface area (Å²) in [6.07, 6.45) is 0. The molecule has 0 bridgehead atoms. The number of non-ortho nitro benzene ring substituents is 1. The molecule has 3 rings (SSSR count). The van der Waals surface area contributed by atoms with Crippen LogP contribution >= 0.6 is 23.2 Å². The average molecular weight is 481 g/mol. The van der Waals surface area contributed by atoms with Crippen LogP contribution in [-0.2, 0) is 14.3 Å². The molecule has 9 nitrogen and oxygen atoms in total. The van der Waals surface area contributed by atoms with Crippen LogP contribution in [0, 0.1) is 10.1 Å². The van der Waals surface area contributed by atoms with E-state index < -0.39 is 28.4 Å². The molecule has 1 saturated heterocycles. The van der Waals surface area contributed by atoms with E-state index in [1.165, 1.54) is 41.3 Å². The van der Waals surface area contributed by atoms with Gasteiger partial charge in [0.25, 0.3) is 17.4 Å². The standard InChI is InChI=1S/C21H18Cl2N2O7/c22-13-3-6-15(16(23)11-13)18-17(19(27)12-1-4-14(5-2-12)25(30)31)20(28)21(29)24(18)7-9-32-10-8-26/h1-6,11,18,26-27H,7-10H2/b19-17-. The molecule has 1 amide bonds. The number of carbonyl (C=O) groups is 2. The maximum absolute atomic E-state index is 12.9. The van der Waals surface area contributed by atoms with E-state index in [0.717, 1.165) is 0 Å².